The number of urea groups is 1. The molecule has 0 radical (unpaired) electrons. The van der Waals surface area contributed by atoms with Crippen LogP contribution < -0.4 is 16.0 Å². The van der Waals surface area contributed by atoms with Gasteiger partial charge in [0.2, 0.25) is 11.8 Å². The van der Waals surface area contributed by atoms with Crippen LogP contribution in [0.4, 0.5) is 10.7 Å². The third kappa shape index (κ3) is 3.28. The van der Waals surface area contributed by atoms with Crippen LogP contribution >= 0.6 is 0 Å². The van der Waals surface area contributed by atoms with Gasteiger partial charge in [0.1, 0.15) is 0 Å². The fourth-order valence-electron chi connectivity index (χ4n) is 1.72. The Morgan fingerprint density at radius 2 is 2.18 bits per heavy atom. The molecule has 0 aliphatic carbocycles. The van der Waals surface area contributed by atoms with Gasteiger partial charge in [-0.3, -0.25) is 15.4 Å². The molecule has 7 nitrogen and oxygen atoms in total. The van der Waals surface area contributed by atoms with E-state index in [0.29, 0.717) is 0 Å². The molecule has 1 saturated heterocycles. The molecule has 0 spiro atoms. The Balaban J connectivity index is 1.79. The van der Waals surface area contributed by atoms with Crippen molar-refractivity contribution in [1.82, 2.24) is 15.8 Å². The maximum atomic E-state index is 11.7. The average molecular weight is 238 g/mol. The molecule has 1 fully saturated rings. The molecule has 0 atom stereocenters. The van der Waals surface area contributed by atoms with E-state index in [4.69, 9.17) is 0 Å². The predicted octanol–water partition coefficient (Wildman–Crippen LogP) is 0.322. The van der Waals surface area contributed by atoms with Crippen LogP contribution in [0.25, 0.3) is 0 Å². The number of hydrogen-bond acceptors (Lipinski definition) is 5. The van der Waals surface area contributed by atoms with Gasteiger partial charge in [0, 0.05) is 12.0 Å². The largest absolute Gasteiger partial charge is 0.338 e. The Hall–Kier alpha value is -1.89. The minimum atomic E-state index is -0.592. The van der Waals surface area contributed by atoms with Gasteiger partial charge in [-0.15, -0.1) is 0 Å². The van der Waals surface area contributed by atoms with Crippen molar-refractivity contribution in [2.75, 3.05) is 18.4 Å². The highest BCUT2D eigenvalue weighted by Crippen LogP contribution is 2.11. The first-order valence-corrected chi connectivity index (χ1v) is 5.49. The first kappa shape index (κ1) is 11.6. The van der Waals surface area contributed by atoms with Gasteiger partial charge < -0.3 is 9.84 Å². The molecule has 3 amide bonds. The summed E-state index contributed by atoms with van der Waals surface area (Å²) in [5.41, 5.74) is 0. The lowest BCUT2D eigenvalue weighted by molar-refractivity contribution is -0.124. The van der Waals surface area contributed by atoms with Gasteiger partial charge in [0.05, 0.1) is 6.20 Å². The van der Waals surface area contributed by atoms with Gasteiger partial charge in [0.25, 0.3) is 0 Å². The number of rotatable bonds is 2. The number of imide groups is 1. The number of piperidine rings is 1. The maximum Gasteiger partial charge on any atom is 0.328 e. The summed E-state index contributed by atoms with van der Waals surface area (Å²) in [6, 6.07) is 0.902. The summed E-state index contributed by atoms with van der Waals surface area (Å²) in [6.07, 6.45) is 2.91. The molecule has 17 heavy (non-hydrogen) atoms. The van der Waals surface area contributed by atoms with Gasteiger partial charge >= 0.3 is 6.03 Å². The van der Waals surface area contributed by atoms with E-state index in [9.17, 15) is 9.59 Å². The Bertz CT molecular complexity index is 384. The normalized spacial score (nSPS) is 16.5. The molecule has 92 valence electrons. The zero-order valence-corrected chi connectivity index (χ0v) is 9.23. The summed E-state index contributed by atoms with van der Waals surface area (Å²) in [5.74, 6) is -0.138. The van der Waals surface area contributed by atoms with E-state index < -0.39 is 6.03 Å². The van der Waals surface area contributed by atoms with Gasteiger partial charge in [-0.25, -0.2) is 4.79 Å². The Morgan fingerprint density at radius 3 is 2.82 bits per heavy atom. The van der Waals surface area contributed by atoms with E-state index in [-0.39, 0.29) is 17.7 Å². The van der Waals surface area contributed by atoms with Crippen LogP contribution in [-0.4, -0.2) is 30.2 Å². The van der Waals surface area contributed by atoms with Crippen molar-refractivity contribution >= 4 is 17.8 Å². The smallest absolute Gasteiger partial charge is 0.328 e. The zero-order valence-electron chi connectivity index (χ0n) is 9.23. The SMILES string of the molecule is O=C(NC(=O)C1CCNCC1)Nc1ccno1. The number of nitrogens with one attached hydrogen (secondary N) is 3. The Kier molecular flexibility index (Phi) is 3.71. The summed E-state index contributed by atoms with van der Waals surface area (Å²) in [6.45, 7) is 1.61. The van der Waals surface area contributed by atoms with E-state index in [1.807, 2.05) is 0 Å². The minimum absolute atomic E-state index is 0.100. The quantitative estimate of drug-likeness (QED) is 0.689. The molecule has 0 bridgehead atoms. The van der Waals surface area contributed by atoms with Gasteiger partial charge in [-0.2, -0.15) is 0 Å². The van der Waals surface area contributed by atoms with Crippen molar-refractivity contribution in [1.29, 1.82) is 0 Å². The average Bonchev–Trinajstić information content (AvgIpc) is 2.82. The van der Waals surface area contributed by atoms with Gasteiger partial charge in [-0.1, -0.05) is 5.16 Å². The fourth-order valence-corrected chi connectivity index (χ4v) is 1.72. The number of carbonyl (C=O) groups is 2. The second kappa shape index (κ2) is 5.44. The monoisotopic (exact) mass is 238 g/mol. The summed E-state index contributed by atoms with van der Waals surface area (Å²) in [7, 11) is 0. The van der Waals surface area contributed by atoms with Crippen molar-refractivity contribution in [2.24, 2.45) is 5.92 Å². The fraction of sp³-hybridized carbons (Fsp3) is 0.500. The molecule has 1 aliphatic heterocycles. The topological polar surface area (TPSA) is 96.3 Å². The minimum Gasteiger partial charge on any atom is -0.338 e. The van der Waals surface area contributed by atoms with Crippen molar-refractivity contribution in [2.45, 2.75) is 12.8 Å². The molecule has 2 heterocycles. The second-order valence-electron chi connectivity index (χ2n) is 3.84. The molecule has 7 heteroatoms. The predicted molar refractivity (Wildman–Crippen MR) is 59.3 cm³/mol. The highest BCUT2D eigenvalue weighted by atomic mass is 16.5. The van der Waals surface area contributed by atoms with E-state index in [2.05, 4.69) is 25.6 Å². The molecule has 1 aliphatic rings. The number of aromatic nitrogens is 1. The van der Waals surface area contributed by atoms with E-state index >= 15 is 0 Å². The van der Waals surface area contributed by atoms with Crippen LogP contribution in [0.15, 0.2) is 16.8 Å². The van der Waals surface area contributed by atoms with Crippen LogP contribution in [0.2, 0.25) is 0 Å². The molecular weight excluding hydrogens is 224 g/mol. The summed E-state index contributed by atoms with van der Waals surface area (Å²) in [5, 5.41) is 11.2. The molecule has 2 rings (SSSR count). The number of nitrogens with zero attached hydrogens (tertiary/aromatic N) is 1. The van der Waals surface area contributed by atoms with Crippen molar-refractivity contribution in [3.05, 3.63) is 12.3 Å². The molecule has 1 aromatic heterocycles. The molecular formula is C10H14N4O3. The molecule has 0 saturated carbocycles. The van der Waals surface area contributed by atoms with Gasteiger partial charge in [-0.05, 0) is 25.9 Å². The van der Waals surface area contributed by atoms with E-state index in [1.165, 1.54) is 12.3 Å². The standard InChI is InChI=1S/C10H14N4O3/c15-9(7-1-4-11-5-2-7)14-10(16)13-8-3-6-12-17-8/h3,6-7,11H,1-2,4-5H2,(H2,13,14,15,16). The lowest BCUT2D eigenvalue weighted by Gasteiger charge is -2.21. The molecule has 1 aromatic rings. The van der Waals surface area contributed by atoms with E-state index in [1.54, 1.807) is 0 Å². The summed E-state index contributed by atoms with van der Waals surface area (Å²) < 4.78 is 4.69. The van der Waals surface area contributed by atoms with Crippen LogP contribution in [0.5, 0.6) is 0 Å². The molecule has 3 N–H and O–H groups in total. The summed E-state index contributed by atoms with van der Waals surface area (Å²) in [4.78, 5) is 23.1. The lowest BCUT2D eigenvalue weighted by Crippen LogP contribution is -2.42. The van der Waals surface area contributed by atoms with Crippen LogP contribution in [0, 0.1) is 5.92 Å². The second-order valence-corrected chi connectivity index (χ2v) is 3.84. The van der Waals surface area contributed by atoms with Crippen molar-refractivity contribution in [3.63, 3.8) is 0 Å². The number of amides is 3. The van der Waals surface area contributed by atoms with Crippen LogP contribution in [-0.2, 0) is 4.79 Å². The lowest BCUT2D eigenvalue weighted by atomic mass is 9.97. The number of hydrogen-bond donors (Lipinski definition) is 3. The van der Waals surface area contributed by atoms with Crippen molar-refractivity contribution in [3.8, 4) is 0 Å². The highest BCUT2D eigenvalue weighted by molar-refractivity contribution is 6.01. The van der Waals surface area contributed by atoms with Crippen LogP contribution in [0.3, 0.4) is 0 Å². The third-order valence-electron chi connectivity index (χ3n) is 2.62. The molecule has 0 unspecified atom stereocenters. The number of carbonyl (C=O) groups excluding carboxylic acids is 2. The first-order chi connectivity index (χ1) is 8.25. The summed E-state index contributed by atoms with van der Waals surface area (Å²) >= 11 is 0. The van der Waals surface area contributed by atoms with Gasteiger partial charge in [0.15, 0.2) is 0 Å². The Morgan fingerprint density at radius 1 is 1.41 bits per heavy atom. The Labute approximate surface area is 97.9 Å². The van der Waals surface area contributed by atoms with E-state index in [0.717, 1.165) is 25.9 Å². The maximum absolute atomic E-state index is 11.7. The highest BCUT2D eigenvalue weighted by Gasteiger charge is 2.22. The van der Waals surface area contributed by atoms with Crippen molar-refractivity contribution < 1.29 is 14.1 Å². The van der Waals surface area contributed by atoms with Crippen LogP contribution in [0.1, 0.15) is 12.8 Å². The first-order valence-electron chi connectivity index (χ1n) is 5.49. The zero-order chi connectivity index (χ0) is 12.1. The third-order valence-corrected chi connectivity index (χ3v) is 2.62. The molecule has 0 aromatic carbocycles. The number of anilines is 1.